The topological polar surface area (TPSA) is 93.3 Å². The lowest BCUT2D eigenvalue weighted by Crippen LogP contribution is -2.41. The molecule has 1 aromatic heterocycles. The lowest BCUT2D eigenvalue weighted by molar-refractivity contribution is -0.118. The molecular formula is C19H24BN3O4. The van der Waals surface area contributed by atoms with Crippen LogP contribution < -0.4 is 10.9 Å². The number of carbonyl (C=O) groups is 1. The first-order valence-electron chi connectivity index (χ1n) is 8.87. The molecule has 0 unspecified atom stereocenters. The largest absolute Gasteiger partial charge is 0.492 e. The van der Waals surface area contributed by atoms with Gasteiger partial charge in [-0.1, -0.05) is 12.1 Å². The molecule has 0 radical (unpaired) electrons. The maximum absolute atomic E-state index is 11.8. The molecule has 3 rings (SSSR count). The van der Waals surface area contributed by atoms with Gasteiger partial charge in [0, 0.05) is 13.5 Å². The maximum Gasteiger partial charge on any atom is 0.492 e. The molecule has 2 heterocycles. The third-order valence-electron chi connectivity index (χ3n) is 5.12. The van der Waals surface area contributed by atoms with Crippen molar-refractivity contribution in [3.8, 4) is 0 Å². The van der Waals surface area contributed by atoms with Gasteiger partial charge in [0.1, 0.15) is 0 Å². The Kier molecular flexibility index (Phi) is 4.97. The van der Waals surface area contributed by atoms with Crippen molar-refractivity contribution in [2.45, 2.75) is 45.8 Å². The summed E-state index contributed by atoms with van der Waals surface area (Å²) in [5.74, 6) is -0.135. The Labute approximate surface area is 158 Å². The van der Waals surface area contributed by atoms with Crippen LogP contribution in [0.5, 0.6) is 0 Å². The van der Waals surface area contributed by atoms with Crippen molar-refractivity contribution < 1.29 is 14.1 Å². The van der Waals surface area contributed by atoms with Gasteiger partial charge >= 0.3 is 7.12 Å². The zero-order valence-corrected chi connectivity index (χ0v) is 16.3. The van der Waals surface area contributed by atoms with Crippen molar-refractivity contribution in [3.63, 3.8) is 0 Å². The van der Waals surface area contributed by atoms with Crippen molar-refractivity contribution in [2.24, 2.45) is 0 Å². The summed E-state index contributed by atoms with van der Waals surface area (Å²) in [7, 11) is -0.579. The van der Waals surface area contributed by atoms with Crippen LogP contribution in [-0.2, 0) is 14.1 Å². The Morgan fingerprint density at radius 2 is 1.93 bits per heavy atom. The molecule has 1 amide bonds. The van der Waals surface area contributed by atoms with Gasteiger partial charge < -0.3 is 19.6 Å². The molecule has 2 aromatic rings. The molecule has 27 heavy (non-hydrogen) atoms. The SMILES string of the molecule is CC(=O)NCC(=Cc1ccc2c(=O)[nH]cnc2c1)B1OC(C)(C)C(C)(C)O1. The van der Waals surface area contributed by atoms with E-state index >= 15 is 0 Å². The van der Waals surface area contributed by atoms with E-state index in [1.165, 1.54) is 13.3 Å². The van der Waals surface area contributed by atoms with Crippen LogP contribution in [0.15, 0.2) is 34.8 Å². The molecule has 1 aliphatic rings. The molecule has 2 N–H and O–H groups in total. The van der Waals surface area contributed by atoms with E-state index < -0.39 is 18.3 Å². The van der Waals surface area contributed by atoms with Gasteiger partial charge in [-0.2, -0.15) is 0 Å². The van der Waals surface area contributed by atoms with Crippen LogP contribution in [-0.4, -0.2) is 40.7 Å². The summed E-state index contributed by atoms with van der Waals surface area (Å²) in [6, 6.07) is 5.38. The highest BCUT2D eigenvalue weighted by molar-refractivity contribution is 6.56. The first-order chi connectivity index (χ1) is 12.6. The van der Waals surface area contributed by atoms with Gasteiger partial charge in [0.05, 0.1) is 28.4 Å². The van der Waals surface area contributed by atoms with Crippen molar-refractivity contribution in [1.82, 2.24) is 15.3 Å². The van der Waals surface area contributed by atoms with E-state index in [1.54, 1.807) is 6.07 Å². The summed E-state index contributed by atoms with van der Waals surface area (Å²) in [6.07, 6.45) is 3.28. The maximum atomic E-state index is 11.8. The second-order valence-electron chi connectivity index (χ2n) is 7.73. The van der Waals surface area contributed by atoms with E-state index in [0.717, 1.165) is 11.0 Å². The average molecular weight is 369 g/mol. The zero-order chi connectivity index (χ0) is 19.8. The summed E-state index contributed by atoms with van der Waals surface area (Å²) in [5.41, 5.74) is 1.08. The minimum Gasteiger partial charge on any atom is -0.400 e. The fourth-order valence-corrected chi connectivity index (χ4v) is 2.81. The lowest BCUT2D eigenvalue weighted by Gasteiger charge is -2.32. The molecule has 1 aliphatic heterocycles. The smallest absolute Gasteiger partial charge is 0.400 e. The van der Waals surface area contributed by atoms with E-state index in [9.17, 15) is 9.59 Å². The Bertz CT molecular complexity index is 949. The van der Waals surface area contributed by atoms with Gasteiger partial charge in [0.15, 0.2) is 0 Å². The van der Waals surface area contributed by atoms with Gasteiger partial charge in [-0.15, -0.1) is 0 Å². The molecule has 0 atom stereocenters. The minimum absolute atomic E-state index is 0.135. The second-order valence-corrected chi connectivity index (χ2v) is 7.73. The van der Waals surface area contributed by atoms with Crippen LogP contribution in [0.1, 0.15) is 40.2 Å². The molecule has 0 saturated carbocycles. The quantitative estimate of drug-likeness (QED) is 0.805. The van der Waals surface area contributed by atoms with Crippen molar-refractivity contribution in [2.75, 3.05) is 6.54 Å². The van der Waals surface area contributed by atoms with E-state index in [2.05, 4.69) is 15.3 Å². The van der Waals surface area contributed by atoms with E-state index in [-0.39, 0.29) is 11.5 Å². The molecule has 1 aromatic carbocycles. The van der Waals surface area contributed by atoms with Crippen LogP contribution in [0, 0.1) is 0 Å². The Balaban J connectivity index is 1.98. The summed E-state index contributed by atoms with van der Waals surface area (Å²) in [4.78, 5) is 30.0. The number of rotatable bonds is 4. The number of hydrogen-bond donors (Lipinski definition) is 2. The van der Waals surface area contributed by atoms with Crippen LogP contribution in [0.4, 0.5) is 0 Å². The fourth-order valence-electron chi connectivity index (χ4n) is 2.81. The van der Waals surface area contributed by atoms with Gasteiger partial charge in [0.25, 0.3) is 5.56 Å². The van der Waals surface area contributed by atoms with E-state index in [1.807, 2.05) is 45.9 Å². The van der Waals surface area contributed by atoms with Gasteiger partial charge in [-0.3, -0.25) is 9.59 Å². The molecule has 8 heteroatoms. The number of amides is 1. The molecular weight excluding hydrogens is 345 g/mol. The number of hydrogen-bond acceptors (Lipinski definition) is 5. The lowest BCUT2D eigenvalue weighted by atomic mass is 9.77. The summed E-state index contributed by atoms with van der Waals surface area (Å²) in [6.45, 7) is 9.69. The van der Waals surface area contributed by atoms with Crippen LogP contribution in [0.3, 0.4) is 0 Å². The highest BCUT2D eigenvalue weighted by Gasteiger charge is 2.52. The predicted molar refractivity (Wildman–Crippen MR) is 105 cm³/mol. The molecule has 0 spiro atoms. The molecule has 0 aliphatic carbocycles. The summed E-state index contributed by atoms with van der Waals surface area (Å²) >= 11 is 0. The molecule has 142 valence electrons. The highest BCUT2D eigenvalue weighted by atomic mass is 16.7. The first-order valence-corrected chi connectivity index (χ1v) is 8.87. The van der Waals surface area contributed by atoms with Crippen LogP contribution in [0.25, 0.3) is 17.0 Å². The summed E-state index contributed by atoms with van der Waals surface area (Å²) < 4.78 is 12.2. The molecule has 1 fully saturated rings. The monoisotopic (exact) mass is 369 g/mol. The number of H-pyrrole nitrogens is 1. The van der Waals surface area contributed by atoms with E-state index in [0.29, 0.717) is 17.4 Å². The fraction of sp³-hybridized carbons (Fsp3) is 0.421. The van der Waals surface area contributed by atoms with Gasteiger partial charge in [-0.25, -0.2) is 4.98 Å². The normalized spacial score (nSPS) is 18.7. The first kappa shape index (κ1) is 19.3. The Hall–Kier alpha value is -2.45. The number of benzene rings is 1. The molecule has 0 bridgehead atoms. The summed E-state index contributed by atoms with van der Waals surface area (Å²) in [5, 5.41) is 3.33. The number of nitrogens with zero attached hydrogens (tertiary/aromatic N) is 1. The number of aromatic nitrogens is 2. The molecule has 1 saturated heterocycles. The Morgan fingerprint density at radius 1 is 1.26 bits per heavy atom. The predicted octanol–water partition coefficient (Wildman–Crippen LogP) is 2.07. The number of fused-ring (bicyclic) bond motifs is 1. The third-order valence-corrected chi connectivity index (χ3v) is 5.12. The van der Waals surface area contributed by atoms with Crippen molar-refractivity contribution in [1.29, 1.82) is 0 Å². The van der Waals surface area contributed by atoms with Gasteiger partial charge in [0.2, 0.25) is 5.91 Å². The van der Waals surface area contributed by atoms with E-state index in [4.69, 9.17) is 9.31 Å². The Morgan fingerprint density at radius 3 is 2.56 bits per heavy atom. The van der Waals surface area contributed by atoms with Crippen molar-refractivity contribution in [3.05, 3.63) is 45.9 Å². The number of carbonyl (C=O) groups excluding carboxylic acids is 1. The van der Waals surface area contributed by atoms with Crippen LogP contribution >= 0.6 is 0 Å². The standard InChI is InChI=1S/C19H24BN3O4/c1-12(24)21-10-14(20-26-18(2,3)19(4,5)27-20)8-13-6-7-15-16(9-13)22-11-23-17(15)25/h6-9,11H,10H2,1-5H3,(H,21,24)(H,22,23,25). The highest BCUT2D eigenvalue weighted by Crippen LogP contribution is 2.38. The second kappa shape index (κ2) is 6.94. The van der Waals surface area contributed by atoms with Gasteiger partial charge in [-0.05, 0) is 50.9 Å². The number of aromatic amines is 1. The third kappa shape index (κ3) is 3.96. The van der Waals surface area contributed by atoms with Crippen molar-refractivity contribution >= 4 is 30.0 Å². The van der Waals surface area contributed by atoms with Crippen LogP contribution in [0.2, 0.25) is 0 Å². The molecule has 7 nitrogen and oxygen atoms in total. The zero-order valence-electron chi connectivity index (χ0n) is 16.3. The average Bonchev–Trinajstić information content (AvgIpc) is 2.79. The number of nitrogens with one attached hydrogen (secondary N) is 2. The minimum atomic E-state index is -0.579.